The Morgan fingerprint density at radius 1 is 1.16 bits per heavy atom. The van der Waals surface area contributed by atoms with Gasteiger partial charge in [0.05, 0.1) is 34.5 Å². The average Bonchev–Trinajstić information content (AvgIpc) is 3.66. The number of thioether (sulfide) groups is 1. The van der Waals surface area contributed by atoms with Gasteiger partial charge in [0.1, 0.15) is 5.82 Å². The van der Waals surface area contributed by atoms with Crippen molar-refractivity contribution < 1.29 is 9.53 Å². The molecule has 4 aromatic rings. The van der Waals surface area contributed by atoms with Crippen LogP contribution in [0.4, 0.5) is 17.2 Å². The van der Waals surface area contributed by atoms with Gasteiger partial charge in [-0.3, -0.25) is 14.3 Å². The highest BCUT2D eigenvalue weighted by atomic mass is 32.2. The number of hydrogen-bond donors (Lipinski definition) is 3. The van der Waals surface area contributed by atoms with Crippen LogP contribution in [-0.2, 0) is 9.53 Å². The molecule has 10 heteroatoms. The van der Waals surface area contributed by atoms with Crippen LogP contribution in [0.2, 0.25) is 0 Å². The molecule has 0 unspecified atom stereocenters. The molecule has 1 aliphatic heterocycles. The zero-order valence-electron chi connectivity index (χ0n) is 20.5. The first kappa shape index (κ1) is 23.7. The number of nitrogens with zero attached hydrogens (tertiary/aromatic N) is 3. The number of rotatable bonds is 7. The molecule has 2 aliphatic rings. The van der Waals surface area contributed by atoms with Gasteiger partial charge in [-0.25, -0.2) is 4.98 Å². The van der Waals surface area contributed by atoms with Crippen LogP contribution in [-0.4, -0.2) is 45.1 Å². The largest absolute Gasteiger partial charge is 0.381 e. The second kappa shape index (κ2) is 10.0. The lowest BCUT2D eigenvalue weighted by molar-refractivity contribution is -0.117. The van der Waals surface area contributed by atoms with Crippen molar-refractivity contribution in [3.8, 4) is 11.1 Å². The van der Waals surface area contributed by atoms with Crippen molar-refractivity contribution in [3.05, 3.63) is 59.3 Å². The van der Waals surface area contributed by atoms with Crippen LogP contribution in [0.3, 0.4) is 0 Å². The summed E-state index contributed by atoms with van der Waals surface area (Å²) in [6.45, 7) is 1.52. The lowest BCUT2D eigenvalue weighted by Gasteiger charge is -2.22. The van der Waals surface area contributed by atoms with E-state index >= 15 is 0 Å². The molecule has 1 aromatic carbocycles. The summed E-state index contributed by atoms with van der Waals surface area (Å²) in [4.78, 5) is 33.5. The molecule has 0 spiro atoms. The SMILES string of the molecule is CSc1c(Nc2cc(NC(=O)C3CC3)nc3cc[nH]c(=O)c23)cccc1-c1cnn(C2CCOCC2)c1. The number of amides is 1. The zero-order chi connectivity index (χ0) is 25.4. The number of aromatic nitrogens is 4. The number of anilines is 3. The van der Waals surface area contributed by atoms with E-state index in [4.69, 9.17) is 4.74 Å². The molecular formula is C27H28N6O3S. The fourth-order valence-corrected chi connectivity index (χ4v) is 5.53. The van der Waals surface area contributed by atoms with Gasteiger partial charge in [0.25, 0.3) is 5.56 Å². The molecule has 4 heterocycles. The Morgan fingerprint density at radius 2 is 2.00 bits per heavy atom. The van der Waals surface area contributed by atoms with Crippen molar-refractivity contribution in [3.63, 3.8) is 0 Å². The number of carbonyl (C=O) groups excluding carboxylic acids is 1. The number of benzene rings is 1. The van der Waals surface area contributed by atoms with Gasteiger partial charge in [0.2, 0.25) is 5.91 Å². The minimum atomic E-state index is -0.243. The minimum absolute atomic E-state index is 0.0315. The van der Waals surface area contributed by atoms with Crippen LogP contribution in [0.15, 0.2) is 58.6 Å². The van der Waals surface area contributed by atoms with Gasteiger partial charge in [0.15, 0.2) is 0 Å². The zero-order valence-corrected chi connectivity index (χ0v) is 21.3. The highest BCUT2D eigenvalue weighted by molar-refractivity contribution is 7.98. The number of ether oxygens (including phenoxy) is 1. The van der Waals surface area contributed by atoms with Crippen LogP contribution in [0.1, 0.15) is 31.7 Å². The molecule has 0 atom stereocenters. The van der Waals surface area contributed by atoms with E-state index < -0.39 is 0 Å². The van der Waals surface area contributed by atoms with Crippen LogP contribution in [0.5, 0.6) is 0 Å². The fraction of sp³-hybridized carbons (Fsp3) is 0.333. The summed E-state index contributed by atoms with van der Waals surface area (Å²) < 4.78 is 7.55. The van der Waals surface area contributed by atoms with E-state index in [0.29, 0.717) is 28.5 Å². The summed E-state index contributed by atoms with van der Waals surface area (Å²) in [5, 5.41) is 11.5. The van der Waals surface area contributed by atoms with E-state index in [1.807, 2.05) is 29.3 Å². The van der Waals surface area contributed by atoms with E-state index in [2.05, 4.69) is 38.0 Å². The van der Waals surface area contributed by atoms with Gasteiger partial charge in [-0.05, 0) is 44.1 Å². The summed E-state index contributed by atoms with van der Waals surface area (Å²) in [7, 11) is 0. The molecule has 0 bridgehead atoms. The number of hydrogen-bond acceptors (Lipinski definition) is 7. The Bertz CT molecular complexity index is 1520. The Labute approximate surface area is 218 Å². The van der Waals surface area contributed by atoms with Crippen molar-refractivity contribution in [2.24, 2.45) is 5.92 Å². The molecular weight excluding hydrogens is 488 g/mol. The lowest BCUT2D eigenvalue weighted by Crippen LogP contribution is -2.19. The van der Waals surface area contributed by atoms with E-state index in [1.165, 1.54) is 0 Å². The quantitative estimate of drug-likeness (QED) is 0.298. The van der Waals surface area contributed by atoms with Gasteiger partial charge in [0, 0.05) is 53.6 Å². The first-order valence-electron chi connectivity index (χ1n) is 12.5. The second-order valence-electron chi connectivity index (χ2n) is 9.45. The van der Waals surface area contributed by atoms with Crippen molar-refractivity contribution in [1.29, 1.82) is 0 Å². The fourth-order valence-electron chi connectivity index (χ4n) is 4.78. The number of aromatic amines is 1. The van der Waals surface area contributed by atoms with Crippen molar-refractivity contribution >= 4 is 45.8 Å². The molecule has 37 heavy (non-hydrogen) atoms. The molecule has 190 valence electrons. The highest BCUT2D eigenvalue weighted by Gasteiger charge is 2.30. The standard InChI is InChI=1S/C27H28N6O3S/c1-37-25-19(17-14-29-33(15-17)18-8-11-36-12-9-18)3-2-4-21(25)30-22-13-23(32-26(34)16-5-6-16)31-20-7-10-28-27(35)24(20)22/h2-4,7,10,13-16,18H,5-6,8-9,11-12H2,1H3,(H,28,35)(H2,30,31,32,34). The smallest absolute Gasteiger partial charge is 0.259 e. The third-order valence-electron chi connectivity index (χ3n) is 6.90. The number of fused-ring (bicyclic) bond motifs is 1. The molecule has 0 radical (unpaired) electrons. The second-order valence-corrected chi connectivity index (χ2v) is 10.3. The van der Waals surface area contributed by atoms with E-state index in [1.54, 1.807) is 30.1 Å². The maximum Gasteiger partial charge on any atom is 0.259 e. The Kier molecular flexibility index (Phi) is 6.43. The number of H-pyrrole nitrogens is 1. The third-order valence-corrected chi connectivity index (χ3v) is 7.74. The van der Waals surface area contributed by atoms with Crippen LogP contribution < -0.4 is 16.2 Å². The number of carbonyl (C=O) groups is 1. The van der Waals surface area contributed by atoms with Gasteiger partial charge >= 0.3 is 0 Å². The number of nitrogens with one attached hydrogen (secondary N) is 3. The third kappa shape index (κ3) is 4.86. The van der Waals surface area contributed by atoms with Gasteiger partial charge in [-0.1, -0.05) is 12.1 Å². The molecule has 1 saturated heterocycles. The molecule has 1 aliphatic carbocycles. The highest BCUT2D eigenvalue weighted by Crippen LogP contribution is 2.39. The first-order valence-corrected chi connectivity index (χ1v) is 13.7. The minimum Gasteiger partial charge on any atom is -0.381 e. The molecule has 3 aromatic heterocycles. The summed E-state index contributed by atoms with van der Waals surface area (Å²) in [5.41, 5.74) is 3.81. The molecule has 9 nitrogen and oxygen atoms in total. The molecule has 3 N–H and O–H groups in total. The lowest BCUT2D eigenvalue weighted by atomic mass is 10.1. The molecule has 1 amide bonds. The Balaban J connectivity index is 1.37. The van der Waals surface area contributed by atoms with Gasteiger partial charge < -0.3 is 20.4 Å². The Morgan fingerprint density at radius 3 is 2.78 bits per heavy atom. The van der Waals surface area contributed by atoms with Gasteiger partial charge in [-0.2, -0.15) is 5.10 Å². The van der Waals surface area contributed by atoms with Crippen molar-refractivity contribution in [1.82, 2.24) is 19.7 Å². The Hall–Kier alpha value is -3.63. The van der Waals surface area contributed by atoms with Crippen molar-refractivity contribution in [2.45, 2.75) is 36.6 Å². The molecule has 1 saturated carbocycles. The van der Waals surface area contributed by atoms with E-state index in [0.717, 1.165) is 60.6 Å². The summed E-state index contributed by atoms with van der Waals surface area (Å²) in [6, 6.07) is 9.89. The van der Waals surface area contributed by atoms with Crippen LogP contribution in [0.25, 0.3) is 22.0 Å². The summed E-state index contributed by atoms with van der Waals surface area (Å²) >= 11 is 1.63. The van der Waals surface area contributed by atoms with E-state index in [9.17, 15) is 9.59 Å². The monoisotopic (exact) mass is 516 g/mol. The maximum atomic E-state index is 12.8. The van der Waals surface area contributed by atoms with Crippen molar-refractivity contribution in [2.75, 3.05) is 30.1 Å². The first-order chi connectivity index (χ1) is 18.1. The predicted molar refractivity (Wildman–Crippen MR) is 146 cm³/mol. The van der Waals surface area contributed by atoms with Crippen LogP contribution in [0, 0.1) is 5.92 Å². The molecule has 6 rings (SSSR count). The van der Waals surface area contributed by atoms with Gasteiger partial charge in [-0.15, -0.1) is 11.8 Å². The predicted octanol–water partition coefficient (Wildman–Crippen LogP) is 4.95. The molecule has 2 fully saturated rings. The van der Waals surface area contributed by atoms with E-state index in [-0.39, 0.29) is 17.4 Å². The summed E-state index contributed by atoms with van der Waals surface area (Å²) in [6.07, 6.45) is 11.3. The summed E-state index contributed by atoms with van der Waals surface area (Å²) in [5.74, 6) is 0.447. The maximum absolute atomic E-state index is 12.8. The number of pyridine rings is 2. The average molecular weight is 517 g/mol. The van der Waals surface area contributed by atoms with Crippen LogP contribution >= 0.6 is 11.8 Å². The normalized spacial score (nSPS) is 16.1. The topological polar surface area (TPSA) is 114 Å².